The van der Waals surface area contributed by atoms with Crippen LogP contribution in [0.3, 0.4) is 0 Å². The number of hydrogen-bond acceptors (Lipinski definition) is 6. The summed E-state index contributed by atoms with van der Waals surface area (Å²) in [5.74, 6) is -0.934. The van der Waals surface area contributed by atoms with Gasteiger partial charge in [0.05, 0.1) is 4.90 Å². The standard InChI is InChI=1S/C17H17F2N3O3S2/c1-27(24,25)12-4-2-11(3-5-12)13(6-10-7-14(18)15(19)8-10)16(23)22-17-20-9-21-26-17/h2-6,9-10,14-15H,7-8H2,1H3,(H,20,21,22,23)/b13-6+. The molecule has 0 radical (unpaired) electrons. The number of halogens is 2. The number of sulfone groups is 1. The molecule has 0 aliphatic heterocycles. The lowest BCUT2D eigenvalue weighted by molar-refractivity contribution is -0.111. The summed E-state index contributed by atoms with van der Waals surface area (Å²) in [6, 6.07) is 5.77. The van der Waals surface area contributed by atoms with Gasteiger partial charge in [-0.3, -0.25) is 10.1 Å². The van der Waals surface area contributed by atoms with Crippen molar-refractivity contribution in [2.24, 2.45) is 5.92 Å². The van der Waals surface area contributed by atoms with E-state index in [4.69, 9.17) is 0 Å². The fourth-order valence-corrected chi connectivity index (χ4v) is 3.98. The van der Waals surface area contributed by atoms with Crippen LogP contribution in [-0.2, 0) is 14.6 Å². The first-order valence-electron chi connectivity index (χ1n) is 8.12. The number of amides is 1. The molecule has 1 heterocycles. The van der Waals surface area contributed by atoms with Gasteiger partial charge >= 0.3 is 0 Å². The summed E-state index contributed by atoms with van der Waals surface area (Å²) < 4.78 is 54.1. The van der Waals surface area contributed by atoms with Crippen LogP contribution in [0, 0.1) is 5.92 Å². The van der Waals surface area contributed by atoms with Crippen LogP contribution in [0.15, 0.2) is 41.6 Å². The lowest BCUT2D eigenvalue weighted by atomic mass is 9.98. The third-order valence-corrected chi connectivity index (χ3v) is 5.98. The van der Waals surface area contributed by atoms with Crippen LogP contribution in [0.25, 0.3) is 5.57 Å². The quantitative estimate of drug-likeness (QED) is 0.761. The minimum atomic E-state index is -3.38. The number of hydrogen-bond donors (Lipinski definition) is 1. The number of nitrogens with zero attached hydrogens (tertiary/aromatic N) is 2. The third kappa shape index (κ3) is 4.75. The highest BCUT2D eigenvalue weighted by molar-refractivity contribution is 7.90. The average Bonchev–Trinajstić information content (AvgIpc) is 3.22. The van der Waals surface area contributed by atoms with Crippen molar-refractivity contribution in [2.45, 2.75) is 30.1 Å². The monoisotopic (exact) mass is 413 g/mol. The number of allylic oxidation sites excluding steroid dienone is 1. The van der Waals surface area contributed by atoms with Gasteiger partial charge in [-0.05, 0) is 36.5 Å². The first kappa shape index (κ1) is 19.6. The number of benzene rings is 1. The Bertz CT molecular complexity index is 934. The fourth-order valence-electron chi connectivity index (χ4n) is 2.92. The third-order valence-electron chi connectivity index (χ3n) is 4.27. The maximum atomic E-state index is 13.5. The Labute approximate surface area is 159 Å². The number of carbonyl (C=O) groups excluding carboxylic acids is 1. The number of carbonyl (C=O) groups is 1. The van der Waals surface area contributed by atoms with E-state index in [1.165, 1.54) is 36.7 Å². The smallest absolute Gasteiger partial charge is 0.257 e. The highest BCUT2D eigenvalue weighted by Crippen LogP contribution is 2.34. The van der Waals surface area contributed by atoms with Crippen molar-refractivity contribution >= 4 is 38.0 Å². The Kier molecular flexibility index (Phi) is 5.66. The Hall–Kier alpha value is -2.20. The van der Waals surface area contributed by atoms with Gasteiger partial charge < -0.3 is 0 Å². The van der Waals surface area contributed by atoms with Crippen LogP contribution < -0.4 is 5.32 Å². The molecule has 1 aliphatic carbocycles. The Morgan fingerprint density at radius 3 is 2.37 bits per heavy atom. The second-order valence-electron chi connectivity index (χ2n) is 6.34. The van der Waals surface area contributed by atoms with Gasteiger partial charge in [0.2, 0.25) is 5.13 Å². The molecule has 1 aliphatic rings. The van der Waals surface area contributed by atoms with Crippen molar-refractivity contribution < 1.29 is 22.0 Å². The molecule has 27 heavy (non-hydrogen) atoms. The van der Waals surface area contributed by atoms with Gasteiger partial charge in [0.25, 0.3) is 5.91 Å². The van der Waals surface area contributed by atoms with Gasteiger partial charge in [0.15, 0.2) is 9.84 Å². The molecule has 2 unspecified atom stereocenters. The van der Waals surface area contributed by atoms with E-state index in [1.54, 1.807) is 0 Å². The molecule has 1 amide bonds. The largest absolute Gasteiger partial charge is 0.297 e. The van der Waals surface area contributed by atoms with Gasteiger partial charge in [-0.1, -0.05) is 18.2 Å². The molecule has 0 saturated heterocycles. The average molecular weight is 413 g/mol. The summed E-state index contributed by atoms with van der Waals surface area (Å²) in [5.41, 5.74) is 0.652. The zero-order chi connectivity index (χ0) is 19.6. The topological polar surface area (TPSA) is 89.0 Å². The van der Waals surface area contributed by atoms with Gasteiger partial charge in [0.1, 0.15) is 18.7 Å². The van der Waals surface area contributed by atoms with Gasteiger partial charge in [-0.2, -0.15) is 4.37 Å². The highest BCUT2D eigenvalue weighted by Gasteiger charge is 2.34. The highest BCUT2D eigenvalue weighted by atomic mass is 32.2. The molecule has 1 saturated carbocycles. The van der Waals surface area contributed by atoms with Gasteiger partial charge in [-0.25, -0.2) is 22.2 Å². The van der Waals surface area contributed by atoms with Gasteiger partial charge in [-0.15, -0.1) is 0 Å². The van der Waals surface area contributed by atoms with Crippen molar-refractivity contribution in [3.8, 4) is 0 Å². The minimum Gasteiger partial charge on any atom is -0.297 e. The summed E-state index contributed by atoms with van der Waals surface area (Å²) >= 11 is 0.994. The van der Waals surface area contributed by atoms with Crippen LogP contribution in [0.1, 0.15) is 18.4 Å². The summed E-state index contributed by atoms with van der Waals surface area (Å²) in [5, 5.41) is 2.88. The maximum absolute atomic E-state index is 13.5. The summed E-state index contributed by atoms with van der Waals surface area (Å²) in [4.78, 5) is 16.7. The Balaban J connectivity index is 1.93. The number of aromatic nitrogens is 2. The molecule has 6 nitrogen and oxygen atoms in total. The lowest BCUT2D eigenvalue weighted by Crippen LogP contribution is -2.14. The molecule has 144 valence electrons. The van der Waals surface area contributed by atoms with Crippen LogP contribution >= 0.6 is 11.5 Å². The van der Waals surface area contributed by atoms with E-state index in [0.29, 0.717) is 5.56 Å². The van der Waals surface area contributed by atoms with Crippen LogP contribution in [-0.4, -0.2) is 42.3 Å². The molecule has 0 bridgehead atoms. The molecule has 3 rings (SSSR count). The van der Waals surface area contributed by atoms with Crippen LogP contribution in [0.4, 0.5) is 13.9 Å². The molecule has 1 N–H and O–H groups in total. The number of alkyl halides is 2. The zero-order valence-corrected chi connectivity index (χ0v) is 15.9. The molecular formula is C17H17F2N3O3S2. The SMILES string of the molecule is CS(=O)(=O)c1ccc(/C(=C\C2CC(F)C(F)C2)C(=O)Nc2ncns2)cc1. The van der Waals surface area contributed by atoms with E-state index in [1.807, 2.05) is 0 Å². The number of anilines is 1. The van der Waals surface area contributed by atoms with Crippen molar-refractivity contribution in [3.63, 3.8) is 0 Å². The first-order chi connectivity index (χ1) is 12.7. The number of nitrogens with one attached hydrogen (secondary N) is 1. The molecule has 1 fully saturated rings. The summed E-state index contributed by atoms with van der Waals surface area (Å²) in [7, 11) is -3.38. The van der Waals surface area contributed by atoms with Crippen molar-refractivity contribution in [1.29, 1.82) is 0 Å². The maximum Gasteiger partial charge on any atom is 0.257 e. The molecule has 2 atom stereocenters. The molecular weight excluding hydrogens is 396 g/mol. The first-order valence-corrected chi connectivity index (χ1v) is 10.8. The van der Waals surface area contributed by atoms with E-state index in [2.05, 4.69) is 14.7 Å². The molecule has 0 spiro atoms. The van der Waals surface area contributed by atoms with Crippen molar-refractivity contribution in [3.05, 3.63) is 42.2 Å². The summed E-state index contributed by atoms with van der Waals surface area (Å²) in [6.45, 7) is 0. The second-order valence-corrected chi connectivity index (χ2v) is 9.14. The van der Waals surface area contributed by atoms with Crippen LogP contribution in [0.5, 0.6) is 0 Å². The second kappa shape index (κ2) is 7.81. The lowest BCUT2D eigenvalue weighted by Gasteiger charge is -2.11. The molecule has 1 aromatic carbocycles. The van der Waals surface area contributed by atoms with Gasteiger partial charge in [0, 0.05) is 23.4 Å². The minimum absolute atomic E-state index is 0.00181. The predicted molar refractivity (Wildman–Crippen MR) is 98.6 cm³/mol. The van der Waals surface area contributed by atoms with E-state index >= 15 is 0 Å². The zero-order valence-electron chi connectivity index (χ0n) is 14.3. The molecule has 10 heteroatoms. The van der Waals surface area contributed by atoms with E-state index in [0.717, 1.165) is 17.8 Å². The van der Waals surface area contributed by atoms with Crippen molar-refractivity contribution in [2.75, 3.05) is 11.6 Å². The van der Waals surface area contributed by atoms with Crippen molar-refractivity contribution in [1.82, 2.24) is 9.36 Å². The Morgan fingerprint density at radius 1 is 1.22 bits per heavy atom. The van der Waals surface area contributed by atoms with E-state index in [9.17, 15) is 22.0 Å². The Morgan fingerprint density at radius 2 is 1.85 bits per heavy atom. The molecule has 2 aromatic rings. The normalized spacial score (nSPS) is 23.4. The van der Waals surface area contributed by atoms with Crippen LogP contribution in [0.2, 0.25) is 0 Å². The number of rotatable bonds is 5. The molecule has 1 aromatic heterocycles. The van der Waals surface area contributed by atoms with E-state index < -0.39 is 34.0 Å². The predicted octanol–water partition coefficient (Wildman–Crippen LogP) is 3.05. The summed E-state index contributed by atoms with van der Waals surface area (Å²) in [6.07, 6.45) is 0.817. The van der Waals surface area contributed by atoms with E-state index in [-0.39, 0.29) is 28.4 Å². The fraction of sp³-hybridized carbons (Fsp3) is 0.353.